The van der Waals surface area contributed by atoms with E-state index in [0.29, 0.717) is 6.42 Å². The van der Waals surface area contributed by atoms with Gasteiger partial charge in [0, 0.05) is 25.5 Å². The van der Waals surface area contributed by atoms with E-state index in [-0.39, 0.29) is 35.5 Å². The fraction of sp³-hybridized carbons (Fsp3) is 0.250. The van der Waals surface area contributed by atoms with Crippen molar-refractivity contribution in [1.29, 1.82) is 0 Å². The summed E-state index contributed by atoms with van der Waals surface area (Å²) in [5, 5.41) is 9.73. The van der Waals surface area contributed by atoms with Crippen molar-refractivity contribution in [2.45, 2.75) is 13.0 Å². The summed E-state index contributed by atoms with van der Waals surface area (Å²) in [6.07, 6.45) is 3.39. The van der Waals surface area contributed by atoms with Crippen LogP contribution >= 0.6 is 0 Å². The van der Waals surface area contributed by atoms with Crippen LogP contribution in [0.4, 0.5) is 4.39 Å². The molecule has 2 heterocycles. The molecule has 0 unspecified atom stereocenters. The molecular formula is C16H15FN2O3. The van der Waals surface area contributed by atoms with Gasteiger partial charge in [0.15, 0.2) is 0 Å². The first kappa shape index (κ1) is 14.5. The van der Waals surface area contributed by atoms with Gasteiger partial charge >= 0.3 is 0 Å². The average molecular weight is 302 g/mol. The number of hydrogen-bond donors (Lipinski definition) is 1. The predicted molar refractivity (Wildman–Crippen MR) is 78.9 cm³/mol. The van der Waals surface area contributed by atoms with E-state index in [1.54, 1.807) is 18.4 Å². The average Bonchev–Trinajstić information content (AvgIpc) is 3.03. The number of rotatable bonds is 5. The number of aliphatic hydroxyl groups is 1. The van der Waals surface area contributed by atoms with Gasteiger partial charge in [0.05, 0.1) is 18.0 Å². The van der Waals surface area contributed by atoms with Crippen LogP contribution in [-0.4, -0.2) is 21.3 Å². The summed E-state index contributed by atoms with van der Waals surface area (Å²) in [4.78, 5) is 16.4. The van der Waals surface area contributed by atoms with Crippen LogP contribution in [0.15, 0.2) is 52.1 Å². The van der Waals surface area contributed by atoms with E-state index in [2.05, 4.69) is 4.98 Å². The molecule has 2 aromatic heterocycles. The van der Waals surface area contributed by atoms with Gasteiger partial charge in [-0.05, 0) is 24.3 Å². The maximum absolute atomic E-state index is 13.6. The molecule has 0 aliphatic heterocycles. The van der Waals surface area contributed by atoms with Crippen LogP contribution in [0.3, 0.4) is 0 Å². The monoisotopic (exact) mass is 302 g/mol. The smallest absolute Gasteiger partial charge is 0.261 e. The molecule has 0 aliphatic carbocycles. The number of benzene rings is 1. The quantitative estimate of drug-likeness (QED) is 0.782. The Morgan fingerprint density at radius 1 is 1.32 bits per heavy atom. The molecule has 1 atom stereocenters. The van der Waals surface area contributed by atoms with E-state index >= 15 is 0 Å². The lowest BCUT2D eigenvalue weighted by Gasteiger charge is -2.14. The summed E-state index contributed by atoms with van der Waals surface area (Å²) in [5.41, 5.74) is -0.252. The second-order valence-corrected chi connectivity index (χ2v) is 5.17. The zero-order valence-corrected chi connectivity index (χ0v) is 11.8. The Hall–Kier alpha value is -2.47. The first-order valence-electron chi connectivity index (χ1n) is 6.96. The molecule has 0 bridgehead atoms. The molecule has 0 saturated heterocycles. The maximum atomic E-state index is 13.6. The fourth-order valence-electron chi connectivity index (χ4n) is 2.46. The topological polar surface area (TPSA) is 68.3 Å². The van der Waals surface area contributed by atoms with Crippen molar-refractivity contribution >= 4 is 10.9 Å². The van der Waals surface area contributed by atoms with Crippen molar-refractivity contribution in [1.82, 2.24) is 9.55 Å². The third kappa shape index (κ3) is 2.78. The fourth-order valence-corrected chi connectivity index (χ4v) is 2.46. The second-order valence-electron chi connectivity index (χ2n) is 5.17. The Balaban J connectivity index is 1.90. The molecule has 3 rings (SSSR count). The number of aliphatic hydroxyl groups excluding tert-OH is 1. The number of para-hydroxylation sites is 1. The standard InChI is InChI=1S/C16H15FN2O3/c17-14-5-1-4-13-15(14)18-10-19(16(13)21)8-11(9-20)7-12-3-2-6-22-12/h1-6,10-11,20H,7-9H2/t11-/m0/s1. The second kappa shape index (κ2) is 6.11. The van der Waals surface area contributed by atoms with Crippen molar-refractivity contribution in [3.05, 3.63) is 64.9 Å². The van der Waals surface area contributed by atoms with Crippen LogP contribution in [0.25, 0.3) is 10.9 Å². The zero-order valence-electron chi connectivity index (χ0n) is 11.8. The third-order valence-electron chi connectivity index (χ3n) is 3.59. The minimum absolute atomic E-state index is 0.0651. The normalized spacial score (nSPS) is 12.6. The van der Waals surface area contributed by atoms with Crippen LogP contribution < -0.4 is 5.56 Å². The summed E-state index contributed by atoms with van der Waals surface area (Å²) in [7, 11) is 0. The molecule has 0 radical (unpaired) electrons. The molecule has 0 fully saturated rings. The first-order chi connectivity index (χ1) is 10.7. The van der Waals surface area contributed by atoms with Gasteiger partial charge in [0.2, 0.25) is 0 Å². The van der Waals surface area contributed by atoms with E-state index in [1.807, 2.05) is 6.07 Å². The molecule has 114 valence electrons. The van der Waals surface area contributed by atoms with Gasteiger partial charge in [0.25, 0.3) is 5.56 Å². The number of furan rings is 1. The van der Waals surface area contributed by atoms with Gasteiger partial charge in [-0.15, -0.1) is 0 Å². The van der Waals surface area contributed by atoms with Gasteiger partial charge in [-0.1, -0.05) is 6.07 Å². The van der Waals surface area contributed by atoms with Crippen LogP contribution in [-0.2, 0) is 13.0 Å². The Morgan fingerprint density at radius 2 is 2.18 bits per heavy atom. The number of hydrogen-bond acceptors (Lipinski definition) is 4. The molecule has 5 nitrogen and oxygen atoms in total. The number of nitrogens with zero attached hydrogens (tertiary/aromatic N) is 2. The van der Waals surface area contributed by atoms with Crippen LogP contribution in [0, 0.1) is 11.7 Å². The van der Waals surface area contributed by atoms with Crippen LogP contribution in [0.5, 0.6) is 0 Å². The molecule has 6 heteroatoms. The minimum atomic E-state index is -0.518. The largest absolute Gasteiger partial charge is 0.469 e. The lowest BCUT2D eigenvalue weighted by atomic mass is 10.0. The summed E-state index contributed by atoms with van der Waals surface area (Å²) in [6, 6.07) is 7.89. The summed E-state index contributed by atoms with van der Waals surface area (Å²) in [5.74, 6) is 0.0413. The Morgan fingerprint density at radius 3 is 2.91 bits per heavy atom. The predicted octanol–water partition coefficient (Wildman–Crippen LogP) is 1.98. The SMILES string of the molecule is O=c1c2cccc(F)c2ncn1C[C@@H](CO)Cc1ccco1. The first-order valence-corrected chi connectivity index (χ1v) is 6.96. The summed E-state index contributed by atoms with van der Waals surface area (Å²) in [6.45, 7) is 0.198. The Kier molecular flexibility index (Phi) is 4.02. The minimum Gasteiger partial charge on any atom is -0.469 e. The number of halogens is 1. The lowest BCUT2D eigenvalue weighted by Crippen LogP contribution is -2.27. The highest BCUT2D eigenvalue weighted by molar-refractivity contribution is 5.77. The molecular weight excluding hydrogens is 287 g/mol. The summed E-state index contributed by atoms with van der Waals surface area (Å²) < 4.78 is 20.3. The van der Waals surface area contributed by atoms with E-state index in [1.165, 1.54) is 23.0 Å². The molecule has 0 spiro atoms. The van der Waals surface area contributed by atoms with Gasteiger partial charge in [-0.2, -0.15) is 0 Å². The van der Waals surface area contributed by atoms with Crippen molar-refractivity contribution in [3.8, 4) is 0 Å². The molecule has 0 aliphatic rings. The van der Waals surface area contributed by atoms with Crippen molar-refractivity contribution < 1.29 is 13.9 Å². The van der Waals surface area contributed by atoms with Crippen LogP contribution in [0.1, 0.15) is 5.76 Å². The number of aromatic nitrogens is 2. The highest BCUT2D eigenvalue weighted by Gasteiger charge is 2.14. The Bertz CT molecular complexity index is 827. The van der Waals surface area contributed by atoms with E-state index in [9.17, 15) is 14.3 Å². The molecule has 22 heavy (non-hydrogen) atoms. The highest BCUT2D eigenvalue weighted by atomic mass is 19.1. The molecule has 1 aromatic carbocycles. The Labute approximate surface area is 125 Å². The van der Waals surface area contributed by atoms with Crippen molar-refractivity contribution in [2.24, 2.45) is 5.92 Å². The highest BCUT2D eigenvalue weighted by Crippen LogP contribution is 2.13. The molecule has 0 amide bonds. The molecule has 3 aromatic rings. The van der Waals surface area contributed by atoms with Gasteiger partial charge in [-0.3, -0.25) is 9.36 Å². The zero-order chi connectivity index (χ0) is 15.5. The number of fused-ring (bicyclic) bond motifs is 1. The van der Waals surface area contributed by atoms with Gasteiger partial charge in [-0.25, -0.2) is 9.37 Å². The van der Waals surface area contributed by atoms with E-state index < -0.39 is 5.82 Å². The van der Waals surface area contributed by atoms with E-state index in [0.717, 1.165) is 5.76 Å². The van der Waals surface area contributed by atoms with Crippen molar-refractivity contribution in [3.63, 3.8) is 0 Å². The lowest BCUT2D eigenvalue weighted by molar-refractivity contribution is 0.203. The maximum Gasteiger partial charge on any atom is 0.261 e. The van der Waals surface area contributed by atoms with Gasteiger partial charge < -0.3 is 9.52 Å². The van der Waals surface area contributed by atoms with E-state index in [4.69, 9.17) is 4.42 Å². The summed E-state index contributed by atoms with van der Waals surface area (Å²) >= 11 is 0. The van der Waals surface area contributed by atoms with Crippen molar-refractivity contribution in [2.75, 3.05) is 6.61 Å². The molecule has 0 saturated carbocycles. The molecule has 1 N–H and O–H groups in total. The third-order valence-corrected chi connectivity index (χ3v) is 3.59. The van der Waals surface area contributed by atoms with Gasteiger partial charge in [0.1, 0.15) is 17.1 Å². The van der Waals surface area contributed by atoms with Crippen LogP contribution in [0.2, 0.25) is 0 Å².